The Morgan fingerprint density at radius 1 is 0.878 bits per heavy atom. The van der Waals surface area contributed by atoms with E-state index in [0.717, 1.165) is 75.9 Å². The lowest BCUT2D eigenvalue weighted by Gasteiger charge is -2.24. The van der Waals surface area contributed by atoms with Crippen LogP contribution in [-0.2, 0) is 37.8 Å². The molecular formula is C41H43N7O. The van der Waals surface area contributed by atoms with Crippen LogP contribution in [0.15, 0.2) is 109 Å². The fraction of sp³-hybridized carbons (Fsp3) is 0.244. The summed E-state index contributed by atoms with van der Waals surface area (Å²) in [6.07, 6.45) is 4.10. The van der Waals surface area contributed by atoms with Crippen molar-refractivity contribution in [3.63, 3.8) is 0 Å². The number of carbonyl (C=O) groups is 1. The third kappa shape index (κ3) is 7.20. The first kappa shape index (κ1) is 32.1. The molecule has 8 heteroatoms. The largest absolute Gasteiger partial charge is 0.384 e. The minimum absolute atomic E-state index is 0.00568. The molecule has 248 valence electrons. The molecule has 4 N–H and O–H groups in total. The number of anilines is 2. The number of rotatable bonds is 12. The van der Waals surface area contributed by atoms with Gasteiger partial charge in [-0.3, -0.25) is 10.2 Å². The first-order chi connectivity index (χ1) is 23.9. The van der Waals surface area contributed by atoms with Crippen LogP contribution in [0.4, 0.5) is 11.4 Å². The van der Waals surface area contributed by atoms with Gasteiger partial charge in [-0.25, -0.2) is 4.98 Å². The molecular weight excluding hydrogens is 606 g/mol. The highest BCUT2D eigenvalue weighted by molar-refractivity contribution is 5.97. The molecule has 6 aromatic rings. The number of benzene rings is 5. The fourth-order valence-electron chi connectivity index (χ4n) is 6.87. The van der Waals surface area contributed by atoms with Gasteiger partial charge in [0, 0.05) is 50.0 Å². The second-order valence-corrected chi connectivity index (χ2v) is 13.0. The van der Waals surface area contributed by atoms with Gasteiger partial charge in [0.25, 0.3) is 0 Å². The Morgan fingerprint density at radius 2 is 1.61 bits per heavy atom. The van der Waals surface area contributed by atoms with Gasteiger partial charge < -0.3 is 25.4 Å². The van der Waals surface area contributed by atoms with Gasteiger partial charge in [0.2, 0.25) is 5.91 Å². The molecule has 49 heavy (non-hydrogen) atoms. The minimum Gasteiger partial charge on any atom is -0.384 e. The summed E-state index contributed by atoms with van der Waals surface area (Å²) in [7, 11) is 2.05. The Bertz CT molecular complexity index is 2090. The average Bonchev–Trinajstić information content (AvgIpc) is 3.78. The molecule has 0 aliphatic carbocycles. The van der Waals surface area contributed by atoms with Crippen LogP contribution in [0.5, 0.6) is 0 Å². The number of amidine groups is 1. The number of aromatic nitrogens is 2. The summed E-state index contributed by atoms with van der Waals surface area (Å²) in [6.45, 7) is 3.54. The highest BCUT2D eigenvalue weighted by atomic mass is 16.2. The summed E-state index contributed by atoms with van der Waals surface area (Å²) < 4.78 is 2.14. The zero-order valence-electron chi connectivity index (χ0n) is 28.0. The highest BCUT2D eigenvalue weighted by Gasteiger charge is 2.20. The van der Waals surface area contributed by atoms with Gasteiger partial charge >= 0.3 is 0 Å². The van der Waals surface area contributed by atoms with Gasteiger partial charge in [0.05, 0.1) is 24.1 Å². The van der Waals surface area contributed by atoms with Crippen LogP contribution in [0.1, 0.15) is 40.9 Å². The van der Waals surface area contributed by atoms with E-state index in [1.807, 2.05) is 60.5 Å². The van der Waals surface area contributed by atoms with Crippen molar-refractivity contribution in [3.05, 3.63) is 137 Å². The Hall–Kier alpha value is -5.47. The molecule has 0 spiro atoms. The second kappa shape index (κ2) is 14.3. The molecule has 1 amide bonds. The summed E-state index contributed by atoms with van der Waals surface area (Å²) in [5.74, 6) is 1.06. The van der Waals surface area contributed by atoms with Gasteiger partial charge in [0.15, 0.2) is 0 Å². The Balaban J connectivity index is 1.10. The van der Waals surface area contributed by atoms with Gasteiger partial charge in [0.1, 0.15) is 11.7 Å². The molecule has 1 aliphatic rings. The van der Waals surface area contributed by atoms with Crippen LogP contribution in [-0.4, -0.2) is 40.9 Å². The first-order valence-electron chi connectivity index (χ1n) is 17.1. The normalized spacial score (nSPS) is 13.0. The minimum atomic E-state index is 0.00568. The van der Waals surface area contributed by atoms with Crippen molar-refractivity contribution in [3.8, 4) is 0 Å². The molecule has 0 unspecified atom stereocenters. The van der Waals surface area contributed by atoms with Crippen molar-refractivity contribution in [2.24, 2.45) is 12.8 Å². The van der Waals surface area contributed by atoms with Crippen molar-refractivity contribution in [2.75, 3.05) is 29.4 Å². The third-order valence-electron chi connectivity index (χ3n) is 9.69. The Kier molecular flexibility index (Phi) is 9.39. The summed E-state index contributed by atoms with van der Waals surface area (Å²) in [5.41, 5.74) is 13.8. The number of amides is 1. The summed E-state index contributed by atoms with van der Waals surface area (Å²) >= 11 is 0. The maximum atomic E-state index is 14.0. The Labute approximate surface area is 287 Å². The molecule has 1 fully saturated rings. The standard InChI is InChI=1S/C41H43N7O/c1-46-38-21-20-35(25-37(38)45-39(46)22-15-29-11-16-32(17-12-29)41(42)43)48(28-33-9-6-8-31-7-2-3-10-36(31)33)40(49)27-44-26-30-13-18-34(19-14-30)47-23-4-5-24-47/h2-3,6-14,16-21,25,44H,4-5,15,22-24,26-28H2,1H3,(H3,42,43). The summed E-state index contributed by atoms with van der Waals surface area (Å²) in [5, 5.41) is 13.4. The van der Waals surface area contributed by atoms with E-state index in [-0.39, 0.29) is 18.3 Å². The molecule has 1 aromatic heterocycles. The van der Waals surface area contributed by atoms with Crippen LogP contribution in [0.2, 0.25) is 0 Å². The van der Waals surface area contributed by atoms with E-state index in [1.165, 1.54) is 24.1 Å². The second-order valence-electron chi connectivity index (χ2n) is 13.0. The topological polar surface area (TPSA) is 103 Å². The number of hydrogen-bond acceptors (Lipinski definition) is 5. The number of nitrogens with zero attached hydrogens (tertiary/aromatic N) is 4. The van der Waals surface area contributed by atoms with E-state index in [4.69, 9.17) is 16.1 Å². The molecule has 7 rings (SSSR count). The maximum absolute atomic E-state index is 14.0. The lowest BCUT2D eigenvalue weighted by atomic mass is 10.0. The SMILES string of the molecule is Cn1c(CCc2ccc(C(=N)N)cc2)nc2cc(N(Cc3cccc4ccccc34)C(=O)CNCc3ccc(N4CCCC4)cc3)ccc21. The predicted molar refractivity (Wildman–Crippen MR) is 200 cm³/mol. The van der Waals surface area contributed by atoms with E-state index < -0.39 is 0 Å². The lowest BCUT2D eigenvalue weighted by Crippen LogP contribution is -2.37. The van der Waals surface area contributed by atoms with Crippen molar-refractivity contribution >= 4 is 44.9 Å². The van der Waals surface area contributed by atoms with Gasteiger partial charge in [-0.15, -0.1) is 0 Å². The van der Waals surface area contributed by atoms with E-state index in [9.17, 15) is 4.79 Å². The van der Waals surface area contributed by atoms with Gasteiger partial charge in [-0.05, 0) is 77.1 Å². The van der Waals surface area contributed by atoms with Crippen LogP contribution >= 0.6 is 0 Å². The Morgan fingerprint density at radius 3 is 2.39 bits per heavy atom. The van der Waals surface area contributed by atoms with Crippen LogP contribution in [0.3, 0.4) is 0 Å². The molecule has 0 radical (unpaired) electrons. The number of carbonyl (C=O) groups excluding carboxylic acids is 1. The smallest absolute Gasteiger partial charge is 0.241 e. The number of nitrogens with two attached hydrogens (primary N) is 1. The third-order valence-corrected chi connectivity index (χ3v) is 9.69. The number of imidazole rings is 1. The van der Waals surface area contributed by atoms with E-state index in [1.54, 1.807) is 0 Å². The van der Waals surface area contributed by atoms with Crippen molar-refractivity contribution in [1.82, 2.24) is 14.9 Å². The molecule has 8 nitrogen and oxygen atoms in total. The molecule has 0 atom stereocenters. The number of hydrogen-bond donors (Lipinski definition) is 3. The van der Waals surface area contributed by atoms with Crippen molar-refractivity contribution in [1.29, 1.82) is 5.41 Å². The van der Waals surface area contributed by atoms with Crippen LogP contribution < -0.4 is 20.9 Å². The van der Waals surface area contributed by atoms with E-state index in [0.29, 0.717) is 13.1 Å². The zero-order chi connectivity index (χ0) is 33.7. The predicted octanol–water partition coefficient (Wildman–Crippen LogP) is 6.72. The molecule has 5 aromatic carbocycles. The monoisotopic (exact) mass is 649 g/mol. The highest BCUT2D eigenvalue weighted by Crippen LogP contribution is 2.27. The summed E-state index contributed by atoms with van der Waals surface area (Å²) in [6, 6.07) is 37.3. The van der Waals surface area contributed by atoms with Crippen molar-refractivity contribution in [2.45, 2.75) is 38.8 Å². The molecule has 0 saturated carbocycles. The lowest BCUT2D eigenvalue weighted by molar-refractivity contribution is -0.118. The molecule has 2 heterocycles. The molecule has 1 aliphatic heterocycles. The number of nitrogen functional groups attached to an aromatic ring is 1. The zero-order valence-corrected chi connectivity index (χ0v) is 28.0. The first-order valence-corrected chi connectivity index (χ1v) is 17.1. The number of aryl methyl sites for hydroxylation is 3. The van der Waals surface area contributed by atoms with E-state index in [2.05, 4.69) is 75.4 Å². The molecule has 1 saturated heterocycles. The van der Waals surface area contributed by atoms with Crippen molar-refractivity contribution < 1.29 is 4.79 Å². The molecule has 0 bridgehead atoms. The quantitative estimate of drug-likeness (QED) is 0.101. The van der Waals surface area contributed by atoms with Gasteiger partial charge in [-0.2, -0.15) is 0 Å². The number of fused-ring (bicyclic) bond motifs is 2. The maximum Gasteiger partial charge on any atom is 0.241 e. The van der Waals surface area contributed by atoms with Gasteiger partial charge in [-0.1, -0.05) is 78.9 Å². The fourth-order valence-corrected chi connectivity index (χ4v) is 6.87. The van der Waals surface area contributed by atoms with Crippen LogP contribution in [0, 0.1) is 5.41 Å². The average molecular weight is 650 g/mol. The van der Waals surface area contributed by atoms with E-state index >= 15 is 0 Å². The van der Waals surface area contributed by atoms with Crippen LogP contribution in [0.25, 0.3) is 21.8 Å². The number of nitrogens with one attached hydrogen (secondary N) is 2. The summed E-state index contributed by atoms with van der Waals surface area (Å²) in [4.78, 5) is 23.4.